The summed E-state index contributed by atoms with van der Waals surface area (Å²) in [7, 11) is 0. The highest BCUT2D eigenvalue weighted by atomic mass is 16.2. The van der Waals surface area contributed by atoms with Gasteiger partial charge in [0.25, 0.3) is 11.5 Å². The zero-order valence-corrected chi connectivity index (χ0v) is 14.2. The lowest BCUT2D eigenvalue weighted by molar-refractivity contribution is 0.0948. The summed E-state index contributed by atoms with van der Waals surface area (Å²) < 4.78 is 1.91. The molecular weight excluding hydrogens is 288 g/mol. The Bertz CT molecular complexity index is 629. The van der Waals surface area contributed by atoms with Crippen LogP contribution < -0.4 is 10.9 Å². The number of aromatic nitrogens is 1. The van der Waals surface area contributed by atoms with E-state index in [0.717, 1.165) is 57.9 Å². The lowest BCUT2D eigenvalue weighted by atomic mass is 9.95. The molecule has 1 aromatic rings. The molecule has 0 spiro atoms. The van der Waals surface area contributed by atoms with Crippen molar-refractivity contribution >= 4 is 5.91 Å². The highest BCUT2D eigenvalue weighted by Gasteiger charge is 2.26. The number of fused-ring (bicyclic) bond motifs is 1. The molecule has 2 aliphatic carbocycles. The second-order valence-corrected chi connectivity index (χ2v) is 7.00. The monoisotopic (exact) mass is 316 g/mol. The predicted molar refractivity (Wildman–Crippen MR) is 92.0 cm³/mol. The Hall–Kier alpha value is -1.58. The Balaban J connectivity index is 2.00. The molecule has 1 heterocycles. The van der Waals surface area contributed by atoms with Crippen LogP contribution in [0.1, 0.15) is 79.9 Å². The SMILES string of the molecule is CCCCn1c2c(cc(C(=O)NC3CC3)c1=O)CCCCCC2. The summed E-state index contributed by atoms with van der Waals surface area (Å²) >= 11 is 0. The molecular formula is C19H28N2O2. The van der Waals surface area contributed by atoms with Crippen LogP contribution in [0, 0.1) is 0 Å². The van der Waals surface area contributed by atoms with Crippen molar-refractivity contribution < 1.29 is 4.79 Å². The van der Waals surface area contributed by atoms with Gasteiger partial charge in [0.1, 0.15) is 5.56 Å². The number of hydrogen-bond donors (Lipinski definition) is 1. The largest absolute Gasteiger partial charge is 0.349 e. The van der Waals surface area contributed by atoms with E-state index >= 15 is 0 Å². The summed E-state index contributed by atoms with van der Waals surface area (Å²) in [4.78, 5) is 25.3. The van der Waals surface area contributed by atoms with E-state index in [0.29, 0.717) is 5.56 Å². The minimum atomic E-state index is -0.174. The van der Waals surface area contributed by atoms with Crippen molar-refractivity contribution in [1.29, 1.82) is 0 Å². The van der Waals surface area contributed by atoms with Gasteiger partial charge in [0.2, 0.25) is 0 Å². The molecule has 23 heavy (non-hydrogen) atoms. The molecule has 1 N–H and O–H groups in total. The molecule has 4 nitrogen and oxygen atoms in total. The first-order valence-corrected chi connectivity index (χ1v) is 9.27. The van der Waals surface area contributed by atoms with Gasteiger partial charge in [-0.25, -0.2) is 0 Å². The molecule has 126 valence electrons. The fraction of sp³-hybridized carbons (Fsp3) is 0.684. The lowest BCUT2D eigenvalue weighted by Gasteiger charge is -2.21. The molecule has 3 rings (SSSR count). The lowest BCUT2D eigenvalue weighted by Crippen LogP contribution is -2.36. The average Bonchev–Trinajstić information content (AvgIpc) is 3.31. The van der Waals surface area contributed by atoms with Crippen LogP contribution in [-0.2, 0) is 19.4 Å². The summed E-state index contributed by atoms with van der Waals surface area (Å²) in [6, 6.07) is 2.18. The number of unbranched alkanes of at least 4 members (excludes halogenated alkanes) is 1. The standard InChI is InChI=1S/C19H28N2O2/c1-2-3-12-21-17-9-7-5-4-6-8-14(17)13-16(19(21)23)18(22)20-15-10-11-15/h13,15H,2-12H2,1H3,(H,20,22). The molecule has 0 unspecified atom stereocenters. The van der Waals surface area contributed by atoms with Crippen LogP contribution in [0.25, 0.3) is 0 Å². The van der Waals surface area contributed by atoms with Gasteiger partial charge in [-0.3, -0.25) is 9.59 Å². The summed E-state index contributed by atoms with van der Waals surface area (Å²) in [5.41, 5.74) is 2.68. The third kappa shape index (κ3) is 3.85. The first-order chi connectivity index (χ1) is 11.2. The number of nitrogens with zero attached hydrogens (tertiary/aromatic N) is 1. The zero-order valence-electron chi connectivity index (χ0n) is 14.2. The summed E-state index contributed by atoms with van der Waals surface area (Å²) in [6.45, 7) is 2.88. The minimum Gasteiger partial charge on any atom is -0.349 e. The minimum absolute atomic E-state index is 0.0871. The van der Waals surface area contributed by atoms with Crippen molar-refractivity contribution in [3.05, 3.63) is 33.2 Å². The Kier molecular flexibility index (Phi) is 5.19. The van der Waals surface area contributed by atoms with Crippen molar-refractivity contribution in [2.75, 3.05) is 0 Å². The van der Waals surface area contributed by atoms with Crippen molar-refractivity contribution in [1.82, 2.24) is 9.88 Å². The molecule has 0 radical (unpaired) electrons. The molecule has 1 amide bonds. The molecule has 0 saturated heterocycles. The van der Waals surface area contributed by atoms with Crippen molar-refractivity contribution in [3.8, 4) is 0 Å². The van der Waals surface area contributed by atoms with Crippen LogP contribution in [0.3, 0.4) is 0 Å². The number of pyridine rings is 1. The first kappa shape index (κ1) is 16.3. The summed E-state index contributed by atoms with van der Waals surface area (Å²) in [5.74, 6) is -0.174. The molecule has 1 fully saturated rings. The van der Waals surface area contributed by atoms with Crippen LogP contribution in [0.2, 0.25) is 0 Å². The van der Waals surface area contributed by atoms with E-state index in [4.69, 9.17) is 0 Å². The van der Waals surface area contributed by atoms with E-state index in [1.54, 1.807) is 0 Å². The van der Waals surface area contributed by atoms with E-state index in [1.807, 2.05) is 10.6 Å². The van der Waals surface area contributed by atoms with E-state index in [1.165, 1.54) is 24.1 Å². The summed E-state index contributed by atoms with van der Waals surface area (Å²) in [6.07, 6.45) is 10.9. The molecule has 1 saturated carbocycles. The van der Waals surface area contributed by atoms with E-state index in [9.17, 15) is 9.59 Å². The normalized spacial score (nSPS) is 18.0. The number of rotatable bonds is 5. The van der Waals surface area contributed by atoms with Gasteiger partial charge in [-0.05, 0) is 56.6 Å². The van der Waals surface area contributed by atoms with Gasteiger partial charge in [0.05, 0.1) is 0 Å². The zero-order chi connectivity index (χ0) is 16.2. The Morgan fingerprint density at radius 2 is 1.96 bits per heavy atom. The predicted octanol–water partition coefficient (Wildman–Crippen LogP) is 3.20. The fourth-order valence-corrected chi connectivity index (χ4v) is 3.44. The highest BCUT2D eigenvalue weighted by Crippen LogP contribution is 2.22. The molecule has 0 aromatic carbocycles. The van der Waals surface area contributed by atoms with Crippen molar-refractivity contribution in [3.63, 3.8) is 0 Å². The molecule has 1 aromatic heterocycles. The Morgan fingerprint density at radius 1 is 1.22 bits per heavy atom. The number of carbonyl (C=O) groups excluding carboxylic acids is 1. The number of hydrogen-bond acceptors (Lipinski definition) is 2. The second-order valence-electron chi connectivity index (χ2n) is 7.00. The molecule has 0 aliphatic heterocycles. The third-order valence-electron chi connectivity index (χ3n) is 4.99. The van der Waals surface area contributed by atoms with E-state index < -0.39 is 0 Å². The number of carbonyl (C=O) groups is 1. The Labute approximate surface area is 138 Å². The maximum atomic E-state index is 12.9. The van der Waals surface area contributed by atoms with Gasteiger partial charge >= 0.3 is 0 Å². The van der Waals surface area contributed by atoms with Crippen LogP contribution in [0.15, 0.2) is 10.9 Å². The van der Waals surface area contributed by atoms with Crippen LogP contribution >= 0.6 is 0 Å². The quantitative estimate of drug-likeness (QED) is 0.907. The molecule has 2 aliphatic rings. The first-order valence-electron chi connectivity index (χ1n) is 9.27. The number of nitrogens with one attached hydrogen (secondary N) is 1. The average molecular weight is 316 g/mol. The van der Waals surface area contributed by atoms with Crippen molar-refractivity contribution in [2.45, 2.75) is 83.7 Å². The maximum Gasteiger partial charge on any atom is 0.263 e. The van der Waals surface area contributed by atoms with E-state index in [-0.39, 0.29) is 17.5 Å². The Morgan fingerprint density at radius 3 is 2.65 bits per heavy atom. The molecule has 0 atom stereocenters. The smallest absolute Gasteiger partial charge is 0.263 e. The number of aryl methyl sites for hydroxylation is 1. The van der Waals surface area contributed by atoms with Crippen molar-refractivity contribution in [2.24, 2.45) is 0 Å². The van der Waals surface area contributed by atoms with E-state index in [2.05, 4.69) is 12.2 Å². The van der Waals surface area contributed by atoms with Gasteiger partial charge in [-0.2, -0.15) is 0 Å². The number of amides is 1. The van der Waals surface area contributed by atoms with Gasteiger partial charge in [0.15, 0.2) is 0 Å². The maximum absolute atomic E-state index is 12.9. The molecule has 0 bridgehead atoms. The highest BCUT2D eigenvalue weighted by molar-refractivity contribution is 5.94. The van der Waals surface area contributed by atoms with Gasteiger partial charge in [-0.15, -0.1) is 0 Å². The van der Waals surface area contributed by atoms with Crippen LogP contribution in [0.4, 0.5) is 0 Å². The third-order valence-corrected chi connectivity index (χ3v) is 4.99. The summed E-state index contributed by atoms with van der Waals surface area (Å²) in [5, 5.41) is 2.98. The van der Waals surface area contributed by atoms with Gasteiger partial charge in [-0.1, -0.05) is 26.2 Å². The van der Waals surface area contributed by atoms with Crippen LogP contribution in [0.5, 0.6) is 0 Å². The topological polar surface area (TPSA) is 51.1 Å². The van der Waals surface area contributed by atoms with Gasteiger partial charge < -0.3 is 9.88 Å². The van der Waals surface area contributed by atoms with Crippen LogP contribution in [-0.4, -0.2) is 16.5 Å². The van der Waals surface area contributed by atoms with Gasteiger partial charge in [0, 0.05) is 18.3 Å². The molecule has 4 heteroatoms. The fourth-order valence-electron chi connectivity index (χ4n) is 3.44. The second kappa shape index (κ2) is 7.33.